The zero-order valence-electron chi connectivity index (χ0n) is 20.7. The standard InChI is InChI=1S/C24H35N7O4/c1-18-16-27-22(17-26-18)29-24(33)28-20-6-5-19(15-21(20)35-12-4-8-30(2)3)23(32)25-7-9-31-10-13-34-14-11-31/h5-6,15-17H,4,7-14H2,1-3H3,(H,25,32)(H2,27,28,29,33). The van der Waals surface area contributed by atoms with Gasteiger partial charge in [0.15, 0.2) is 5.82 Å². The van der Waals surface area contributed by atoms with Gasteiger partial charge in [0.05, 0.1) is 43.6 Å². The van der Waals surface area contributed by atoms with Crippen molar-refractivity contribution in [2.45, 2.75) is 13.3 Å². The van der Waals surface area contributed by atoms with Crippen LogP contribution < -0.4 is 20.7 Å². The van der Waals surface area contributed by atoms with Crippen LogP contribution in [-0.2, 0) is 4.74 Å². The average Bonchev–Trinajstić information content (AvgIpc) is 2.84. The molecule has 35 heavy (non-hydrogen) atoms. The van der Waals surface area contributed by atoms with Crippen molar-refractivity contribution in [1.29, 1.82) is 0 Å². The fourth-order valence-electron chi connectivity index (χ4n) is 3.43. The number of carbonyl (C=O) groups is 2. The molecule has 0 saturated carbocycles. The number of amides is 3. The van der Waals surface area contributed by atoms with Gasteiger partial charge in [0, 0.05) is 38.3 Å². The van der Waals surface area contributed by atoms with Crippen molar-refractivity contribution in [3.63, 3.8) is 0 Å². The first-order chi connectivity index (χ1) is 16.9. The summed E-state index contributed by atoms with van der Waals surface area (Å²) < 4.78 is 11.3. The molecule has 1 aromatic heterocycles. The molecule has 3 amide bonds. The third-order valence-corrected chi connectivity index (χ3v) is 5.34. The number of ether oxygens (including phenoxy) is 2. The molecule has 1 aromatic carbocycles. The van der Waals surface area contributed by atoms with E-state index in [0.717, 1.165) is 51.5 Å². The highest BCUT2D eigenvalue weighted by Crippen LogP contribution is 2.26. The molecule has 3 N–H and O–H groups in total. The highest BCUT2D eigenvalue weighted by Gasteiger charge is 2.15. The Hall–Kier alpha value is -3.28. The van der Waals surface area contributed by atoms with Crippen molar-refractivity contribution in [1.82, 2.24) is 25.1 Å². The number of nitrogens with zero attached hydrogens (tertiary/aromatic N) is 4. The van der Waals surface area contributed by atoms with E-state index in [4.69, 9.17) is 9.47 Å². The summed E-state index contributed by atoms with van der Waals surface area (Å²) in [6.45, 7) is 7.62. The van der Waals surface area contributed by atoms with Crippen LogP contribution in [-0.4, -0.2) is 98.3 Å². The van der Waals surface area contributed by atoms with E-state index in [9.17, 15) is 9.59 Å². The van der Waals surface area contributed by atoms with E-state index in [1.807, 2.05) is 21.0 Å². The molecular formula is C24H35N7O4. The van der Waals surface area contributed by atoms with Crippen LogP contribution in [0.25, 0.3) is 0 Å². The molecule has 1 fully saturated rings. The number of aromatic nitrogens is 2. The van der Waals surface area contributed by atoms with Crippen molar-refractivity contribution in [2.75, 3.05) is 77.3 Å². The third kappa shape index (κ3) is 9.12. The Morgan fingerprint density at radius 1 is 1.14 bits per heavy atom. The Labute approximate surface area is 206 Å². The molecule has 0 unspecified atom stereocenters. The van der Waals surface area contributed by atoms with Crippen molar-refractivity contribution < 1.29 is 19.1 Å². The van der Waals surface area contributed by atoms with E-state index < -0.39 is 6.03 Å². The summed E-state index contributed by atoms with van der Waals surface area (Å²) >= 11 is 0. The average molecular weight is 486 g/mol. The quantitative estimate of drug-likeness (QED) is 0.412. The van der Waals surface area contributed by atoms with Crippen LogP contribution in [0, 0.1) is 6.92 Å². The van der Waals surface area contributed by atoms with Crippen molar-refractivity contribution in [3.8, 4) is 5.75 Å². The molecule has 0 radical (unpaired) electrons. The summed E-state index contributed by atoms with van der Waals surface area (Å²) in [5.74, 6) is 0.565. The Morgan fingerprint density at radius 2 is 1.94 bits per heavy atom. The molecule has 2 heterocycles. The normalized spacial score (nSPS) is 13.9. The molecule has 2 aromatic rings. The minimum absolute atomic E-state index is 0.192. The predicted octanol–water partition coefficient (Wildman–Crippen LogP) is 1.82. The van der Waals surface area contributed by atoms with Crippen LogP contribution in [0.5, 0.6) is 5.75 Å². The highest BCUT2D eigenvalue weighted by atomic mass is 16.5. The second kappa shape index (κ2) is 13.6. The summed E-state index contributed by atoms with van der Waals surface area (Å²) in [4.78, 5) is 37.8. The van der Waals surface area contributed by atoms with Gasteiger partial charge in [-0.15, -0.1) is 0 Å². The molecule has 0 bridgehead atoms. The van der Waals surface area contributed by atoms with Crippen molar-refractivity contribution in [3.05, 3.63) is 41.9 Å². The number of aryl methyl sites for hydroxylation is 1. The van der Waals surface area contributed by atoms with E-state index in [0.29, 0.717) is 36.0 Å². The van der Waals surface area contributed by atoms with Crippen LogP contribution in [0.15, 0.2) is 30.6 Å². The molecular weight excluding hydrogens is 450 g/mol. The van der Waals surface area contributed by atoms with Gasteiger partial charge in [-0.25, -0.2) is 9.78 Å². The first kappa shape index (κ1) is 26.3. The van der Waals surface area contributed by atoms with Crippen LogP contribution in [0.2, 0.25) is 0 Å². The fourth-order valence-corrected chi connectivity index (χ4v) is 3.43. The summed E-state index contributed by atoms with van der Waals surface area (Å²) in [5, 5.41) is 8.37. The predicted molar refractivity (Wildman–Crippen MR) is 134 cm³/mol. The smallest absolute Gasteiger partial charge is 0.324 e. The van der Waals surface area contributed by atoms with Gasteiger partial charge in [-0.05, 0) is 45.6 Å². The zero-order chi connectivity index (χ0) is 25.0. The lowest BCUT2D eigenvalue weighted by Gasteiger charge is -2.26. The lowest BCUT2D eigenvalue weighted by molar-refractivity contribution is 0.0383. The summed E-state index contributed by atoms with van der Waals surface area (Å²) in [5.41, 5.74) is 1.67. The molecule has 1 aliphatic heterocycles. The molecule has 0 aliphatic carbocycles. The molecule has 3 rings (SSSR count). The Morgan fingerprint density at radius 3 is 2.66 bits per heavy atom. The molecule has 1 saturated heterocycles. The van der Waals surface area contributed by atoms with Crippen molar-refractivity contribution >= 4 is 23.4 Å². The number of benzene rings is 1. The number of anilines is 2. The molecule has 1 aliphatic rings. The minimum atomic E-state index is -0.482. The van der Waals surface area contributed by atoms with Gasteiger partial charge < -0.3 is 25.0 Å². The molecule has 190 valence electrons. The summed E-state index contributed by atoms with van der Waals surface area (Å²) in [6, 6.07) is 4.50. The first-order valence-corrected chi connectivity index (χ1v) is 11.8. The Bertz CT molecular complexity index is 963. The van der Waals surface area contributed by atoms with Gasteiger partial charge in [0.2, 0.25) is 0 Å². The van der Waals surface area contributed by atoms with Crippen LogP contribution in [0.1, 0.15) is 22.5 Å². The van der Waals surface area contributed by atoms with E-state index in [1.54, 1.807) is 24.4 Å². The number of nitrogens with one attached hydrogen (secondary N) is 3. The van der Waals surface area contributed by atoms with Crippen LogP contribution >= 0.6 is 0 Å². The molecule has 11 heteroatoms. The molecule has 11 nitrogen and oxygen atoms in total. The summed E-state index contributed by atoms with van der Waals surface area (Å²) in [6.07, 6.45) is 3.85. The van der Waals surface area contributed by atoms with Gasteiger partial charge in [-0.2, -0.15) is 0 Å². The largest absolute Gasteiger partial charge is 0.491 e. The number of hydrogen-bond acceptors (Lipinski definition) is 8. The fraction of sp³-hybridized carbons (Fsp3) is 0.500. The van der Waals surface area contributed by atoms with Gasteiger partial charge in [0.25, 0.3) is 5.91 Å². The zero-order valence-corrected chi connectivity index (χ0v) is 20.7. The molecule has 0 spiro atoms. The van der Waals surface area contributed by atoms with Gasteiger partial charge >= 0.3 is 6.03 Å². The lowest BCUT2D eigenvalue weighted by atomic mass is 10.1. The molecule has 0 atom stereocenters. The SMILES string of the molecule is Cc1cnc(NC(=O)Nc2ccc(C(=O)NCCN3CCOCC3)cc2OCCCN(C)C)cn1. The Balaban J connectivity index is 1.62. The third-order valence-electron chi connectivity index (χ3n) is 5.34. The maximum Gasteiger partial charge on any atom is 0.324 e. The highest BCUT2D eigenvalue weighted by molar-refractivity contribution is 6.01. The minimum Gasteiger partial charge on any atom is -0.491 e. The van der Waals surface area contributed by atoms with Crippen molar-refractivity contribution in [2.24, 2.45) is 0 Å². The maximum absolute atomic E-state index is 12.7. The number of hydrogen-bond donors (Lipinski definition) is 3. The van der Waals surface area contributed by atoms with Gasteiger partial charge in [0.1, 0.15) is 5.75 Å². The topological polar surface area (TPSA) is 121 Å². The van der Waals surface area contributed by atoms with Crippen LogP contribution in [0.4, 0.5) is 16.3 Å². The maximum atomic E-state index is 12.7. The number of urea groups is 1. The second-order valence-corrected chi connectivity index (χ2v) is 8.55. The second-order valence-electron chi connectivity index (χ2n) is 8.55. The number of carbonyl (C=O) groups excluding carboxylic acids is 2. The Kier molecular flexibility index (Phi) is 10.2. The van der Waals surface area contributed by atoms with E-state index >= 15 is 0 Å². The van der Waals surface area contributed by atoms with Gasteiger partial charge in [-0.1, -0.05) is 0 Å². The van der Waals surface area contributed by atoms with Crippen LogP contribution in [0.3, 0.4) is 0 Å². The van der Waals surface area contributed by atoms with E-state index in [1.165, 1.54) is 6.20 Å². The summed E-state index contributed by atoms with van der Waals surface area (Å²) in [7, 11) is 3.99. The lowest BCUT2D eigenvalue weighted by Crippen LogP contribution is -2.41. The number of rotatable bonds is 11. The number of morpholine rings is 1. The monoisotopic (exact) mass is 485 g/mol. The van der Waals surface area contributed by atoms with E-state index in [-0.39, 0.29) is 5.91 Å². The van der Waals surface area contributed by atoms with E-state index in [2.05, 4.69) is 35.7 Å². The van der Waals surface area contributed by atoms with Gasteiger partial charge in [-0.3, -0.25) is 20.0 Å². The first-order valence-electron chi connectivity index (χ1n) is 11.8.